The number of ether oxygens (including phenoxy) is 1. The van der Waals surface area contributed by atoms with Crippen LogP contribution in [-0.2, 0) is 11.2 Å². The minimum Gasteiger partial charge on any atom is -0.491 e. The quantitative estimate of drug-likeness (QED) is 0.753. The second-order valence-electron chi connectivity index (χ2n) is 4.91. The van der Waals surface area contributed by atoms with E-state index in [-0.39, 0.29) is 6.61 Å². The first kappa shape index (κ1) is 15.5. The summed E-state index contributed by atoms with van der Waals surface area (Å²) in [6, 6.07) is 7.96. The van der Waals surface area contributed by atoms with Crippen molar-refractivity contribution in [3.63, 3.8) is 0 Å². The summed E-state index contributed by atoms with van der Waals surface area (Å²) in [6.45, 7) is 6.73. The van der Waals surface area contributed by atoms with Crippen LogP contribution in [0.4, 0.5) is 0 Å². The number of nitrogens with one attached hydrogen (secondary N) is 1. The normalized spacial score (nSPS) is 13.8. The molecule has 1 rings (SSSR count). The number of carbonyl (C=O) groups is 1. The predicted octanol–water partition coefficient (Wildman–Crippen LogP) is 1.87. The number of likely N-dealkylation sites (N-methyl/N-ethyl adjacent to an activating group) is 1. The third-order valence-corrected chi connectivity index (χ3v) is 3.10. The minimum absolute atomic E-state index is 0.225. The van der Waals surface area contributed by atoms with Gasteiger partial charge in [0, 0.05) is 0 Å². The van der Waals surface area contributed by atoms with E-state index < -0.39 is 11.4 Å². The van der Waals surface area contributed by atoms with Gasteiger partial charge in [0.2, 0.25) is 5.91 Å². The highest BCUT2D eigenvalue weighted by Crippen LogP contribution is 2.15. The molecule has 106 valence electrons. The highest BCUT2D eigenvalue weighted by molar-refractivity contribution is 5.84. The van der Waals surface area contributed by atoms with Crippen LogP contribution >= 0.6 is 0 Å². The Hall–Kier alpha value is -1.55. The zero-order valence-corrected chi connectivity index (χ0v) is 12.0. The summed E-state index contributed by atoms with van der Waals surface area (Å²) in [5.41, 5.74) is 5.86. The van der Waals surface area contributed by atoms with Crippen LogP contribution in [0.3, 0.4) is 0 Å². The van der Waals surface area contributed by atoms with Crippen LogP contribution in [0.1, 0.15) is 32.8 Å². The molecule has 0 aromatic heterocycles. The molecule has 4 heteroatoms. The molecule has 0 saturated carbocycles. The van der Waals surface area contributed by atoms with Crippen molar-refractivity contribution >= 4 is 5.91 Å². The highest BCUT2D eigenvalue weighted by Gasteiger charge is 2.30. The number of rotatable bonds is 8. The van der Waals surface area contributed by atoms with Crippen LogP contribution in [0.2, 0.25) is 0 Å². The van der Waals surface area contributed by atoms with Crippen molar-refractivity contribution in [3.05, 3.63) is 29.8 Å². The van der Waals surface area contributed by atoms with Gasteiger partial charge in [-0.15, -0.1) is 0 Å². The monoisotopic (exact) mass is 264 g/mol. The lowest BCUT2D eigenvalue weighted by atomic mass is 10.0. The molecule has 1 unspecified atom stereocenters. The van der Waals surface area contributed by atoms with Crippen molar-refractivity contribution in [3.8, 4) is 5.75 Å². The zero-order valence-electron chi connectivity index (χ0n) is 12.0. The zero-order chi connectivity index (χ0) is 14.3. The number of amides is 1. The number of carbonyl (C=O) groups excluding carboxylic acids is 1. The van der Waals surface area contributed by atoms with Gasteiger partial charge in [-0.05, 0) is 37.6 Å². The molecule has 1 aromatic carbocycles. The van der Waals surface area contributed by atoms with E-state index in [0.717, 1.165) is 18.6 Å². The van der Waals surface area contributed by atoms with E-state index in [4.69, 9.17) is 10.5 Å². The van der Waals surface area contributed by atoms with E-state index in [9.17, 15) is 4.79 Å². The van der Waals surface area contributed by atoms with E-state index >= 15 is 0 Å². The van der Waals surface area contributed by atoms with Gasteiger partial charge in [0.05, 0.1) is 0 Å². The summed E-state index contributed by atoms with van der Waals surface area (Å²) in [7, 11) is 0. The average molecular weight is 264 g/mol. The van der Waals surface area contributed by atoms with Gasteiger partial charge >= 0.3 is 0 Å². The van der Waals surface area contributed by atoms with Gasteiger partial charge in [-0.25, -0.2) is 0 Å². The SMILES string of the molecule is CCCc1ccc(OCC(C)(NCC)C(N)=O)cc1. The maximum Gasteiger partial charge on any atom is 0.240 e. The molecule has 0 bridgehead atoms. The Morgan fingerprint density at radius 1 is 1.32 bits per heavy atom. The first-order chi connectivity index (χ1) is 9.01. The predicted molar refractivity (Wildman–Crippen MR) is 77.2 cm³/mol. The Morgan fingerprint density at radius 3 is 2.42 bits per heavy atom. The Kier molecular flexibility index (Phi) is 5.83. The van der Waals surface area contributed by atoms with Gasteiger partial charge in [-0.2, -0.15) is 0 Å². The first-order valence-electron chi connectivity index (χ1n) is 6.78. The topological polar surface area (TPSA) is 64.3 Å². The lowest BCUT2D eigenvalue weighted by Crippen LogP contribution is -2.57. The molecule has 1 aromatic rings. The molecule has 0 fully saturated rings. The van der Waals surface area contributed by atoms with E-state index in [1.54, 1.807) is 6.92 Å². The standard InChI is InChI=1S/C15H24N2O2/c1-4-6-12-7-9-13(10-8-12)19-11-15(3,14(16)18)17-5-2/h7-10,17H,4-6,11H2,1-3H3,(H2,16,18). The Labute approximate surface area is 115 Å². The minimum atomic E-state index is -0.836. The summed E-state index contributed by atoms with van der Waals surface area (Å²) >= 11 is 0. The van der Waals surface area contributed by atoms with Crippen LogP contribution in [-0.4, -0.2) is 24.6 Å². The molecular formula is C15H24N2O2. The van der Waals surface area contributed by atoms with Crippen molar-refractivity contribution in [2.45, 2.75) is 39.2 Å². The summed E-state index contributed by atoms with van der Waals surface area (Å²) < 4.78 is 5.65. The molecule has 19 heavy (non-hydrogen) atoms. The van der Waals surface area contributed by atoms with Crippen molar-refractivity contribution in [1.82, 2.24) is 5.32 Å². The lowest BCUT2D eigenvalue weighted by Gasteiger charge is -2.26. The second-order valence-corrected chi connectivity index (χ2v) is 4.91. The molecule has 0 spiro atoms. The van der Waals surface area contributed by atoms with E-state index in [2.05, 4.69) is 12.2 Å². The van der Waals surface area contributed by atoms with Gasteiger partial charge < -0.3 is 15.8 Å². The lowest BCUT2D eigenvalue weighted by molar-refractivity contribution is -0.124. The molecule has 0 aliphatic rings. The fourth-order valence-electron chi connectivity index (χ4n) is 1.87. The average Bonchev–Trinajstić information content (AvgIpc) is 2.38. The largest absolute Gasteiger partial charge is 0.491 e. The third kappa shape index (κ3) is 4.56. The summed E-state index contributed by atoms with van der Waals surface area (Å²) in [5.74, 6) is 0.349. The number of primary amides is 1. The molecule has 1 atom stereocenters. The number of aryl methyl sites for hydroxylation is 1. The van der Waals surface area contributed by atoms with Gasteiger partial charge in [0.1, 0.15) is 17.9 Å². The van der Waals surface area contributed by atoms with Crippen molar-refractivity contribution in [2.24, 2.45) is 5.73 Å². The summed E-state index contributed by atoms with van der Waals surface area (Å²) in [5, 5.41) is 3.06. The molecule has 1 amide bonds. The summed E-state index contributed by atoms with van der Waals surface area (Å²) in [4.78, 5) is 11.5. The Morgan fingerprint density at radius 2 is 1.95 bits per heavy atom. The maximum absolute atomic E-state index is 11.5. The van der Waals surface area contributed by atoms with Crippen LogP contribution < -0.4 is 15.8 Å². The molecular weight excluding hydrogens is 240 g/mol. The van der Waals surface area contributed by atoms with Gasteiger partial charge in [0.25, 0.3) is 0 Å². The maximum atomic E-state index is 11.5. The fourth-order valence-corrected chi connectivity index (χ4v) is 1.87. The second kappa shape index (κ2) is 7.14. The Balaban J connectivity index is 2.61. The van der Waals surface area contributed by atoms with Crippen LogP contribution in [0, 0.1) is 0 Å². The third-order valence-electron chi connectivity index (χ3n) is 3.10. The van der Waals surface area contributed by atoms with Gasteiger partial charge in [-0.1, -0.05) is 32.4 Å². The molecule has 0 aliphatic carbocycles. The molecule has 0 saturated heterocycles. The van der Waals surface area contributed by atoms with Crippen molar-refractivity contribution < 1.29 is 9.53 Å². The molecule has 0 heterocycles. The molecule has 4 nitrogen and oxygen atoms in total. The summed E-state index contributed by atoms with van der Waals surface area (Å²) in [6.07, 6.45) is 2.19. The number of benzene rings is 1. The van der Waals surface area contributed by atoms with Crippen LogP contribution in [0.25, 0.3) is 0 Å². The first-order valence-corrected chi connectivity index (χ1v) is 6.78. The smallest absolute Gasteiger partial charge is 0.240 e. The fraction of sp³-hybridized carbons (Fsp3) is 0.533. The molecule has 0 radical (unpaired) electrons. The highest BCUT2D eigenvalue weighted by atomic mass is 16.5. The number of hydrogen-bond acceptors (Lipinski definition) is 3. The van der Waals surface area contributed by atoms with Crippen molar-refractivity contribution in [1.29, 1.82) is 0 Å². The number of nitrogens with two attached hydrogens (primary N) is 1. The molecule has 3 N–H and O–H groups in total. The van der Waals surface area contributed by atoms with Gasteiger partial charge in [-0.3, -0.25) is 4.79 Å². The molecule has 0 aliphatic heterocycles. The van der Waals surface area contributed by atoms with Crippen molar-refractivity contribution in [2.75, 3.05) is 13.2 Å². The van der Waals surface area contributed by atoms with E-state index in [1.807, 2.05) is 31.2 Å². The van der Waals surface area contributed by atoms with Gasteiger partial charge in [0.15, 0.2) is 0 Å². The Bertz CT molecular complexity index is 403. The van der Waals surface area contributed by atoms with E-state index in [0.29, 0.717) is 6.54 Å². The number of hydrogen-bond donors (Lipinski definition) is 2. The van der Waals surface area contributed by atoms with Crippen LogP contribution in [0.5, 0.6) is 5.75 Å². The van der Waals surface area contributed by atoms with E-state index in [1.165, 1.54) is 5.56 Å². The van der Waals surface area contributed by atoms with Crippen LogP contribution in [0.15, 0.2) is 24.3 Å².